The third-order valence-corrected chi connectivity index (χ3v) is 7.77. The van der Waals surface area contributed by atoms with Gasteiger partial charge in [-0.05, 0) is 42.0 Å². The van der Waals surface area contributed by atoms with Crippen LogP contribution < -0.4 is 15.2 Å². The van der Waals surface area contributed by atoms with Crippen molar-refractivity contribution in [1.82, 2.24) is 0 Å². The van der Waals surface area contributed by atoms with Crippen LogP contribution in [-0.4, -0.2) is 38.1 Å². The predicted octanol–water partition coefficient (Wildman–Crippen LogP) is 2.04. The second-order valence-corrected chi connectivity index (χ2v) is 9.07. The molecule has 7 nitrogen and oxygen atoms in total. The molecule has 27 heavy (non-hydrogen) atoms. The molecule has 9 heteroatoms. The summed E-state index contributed by atoms with van der Waals surface area (Å²) >= 11 is 5.83. The van der Waals surface area contributed by atoms with Crippen molar-refractivity contribution in [3.63, 3.8) is 0 Å². The van der Waals surface area contributed by atoms with Gasteiger partial charge >= 0.3 is 5.97 Å². The minimum absolute atomic E-state index is 0.0132. The molecule has 142 valence electrons. The standard InChI is InChI=1S/C18H16ClNO6S/c19-11-2-4-12(5-3-11)27(23,24)16-15(18(16,8-20)17(21)22)10-1-6-13-14(7-10)26-9-25-13/h1-7,15-16H,8-9,20H2,(H,21,22)/t15-,16+,18-/m1/s1. The highest BCUT2D eigenvalue weighted by Gasteiger charge is 2.75. The number of hydrogen-bond donors (Lipinski definition) is 2. The average molecular weight is 410 g/mol. The molecule has 1 aliphatic heterocycles. The number of ether oxygens (including phenoxy) is 2. The summed E-state index contributed by atoms with van der Waals surface area (Å²) < 4.78 is 37.0. The van der Waals surface area contributed by atoms with Gasteiger partial charge in [-0.3, -0.25) is 4.79 Å². The lowest BCUT2D eigenvalue weighted by molar-refractivity contribution is -0.143. The Labute approximate surface area is 160 Å². The Morgan fingerprint density at radius 1 is 1.19 bits per heavy atom. The van der Waals surface area contributed by atoms with Crippen LogP contribution in [-0.2, 0) is 14.6 Å². The van der Waals surface area contributed by atoms with Crippen molar-refractivity contribution in [2.24, 2.45) is 11.1 Å². The third-order valence-electron chi connectivity index (χ3n) is 5.22. The van der Waals surface area contributed by atoms with Gasteiger partial charge in [-0.15, -0.1) is 0 Å². The van der Waals surface area contributed by atoms with E-state index in [0.29, 0.717) is 22.1 Å². The number of hydrogen-bond acceptors (Lipinski definition) is 6. The molecule has 3 atom stereocenters. The van der Waals surface area contributed by atoms with Gasteiger partial charge in [0.1, 0.15) is 5.41 Å². The van der Waals surface area contributed by atoms with Gasteiger partial charge < -0.3 is 20.3 Å². The number of halogens is 1. The summed E-state index contributed by atoms with van der Waals surface area (Å²) in [6.07, 6.45) is 0. The molecule has 3 N–H and O–H groups in total. The second-order valence-electron chi connectivity index (χ2n) is 6.56. The normalized spacial score (nSPS) is 26.0. The number of carboxylic acids is 1. The highest BCUT2D eigenvalue weighted by molar-refractivity contribution is 7.92. The number of benzene rings is 2. The van der Waals surface area contributed by atoms with E-state index >= 15 is 0 Å². The van der Waals surface area contributed by atoms with Crippen molar-refractivity contribution >= 4 is 27.4 Å². The van der Waals surface area contributed by atoms with Crippen LogP contribution in [0.2, 0.25) is 5.02 Å². The summed E-state index contributed by atoms with van der Waals surface area (Å²) in [7, 11) is -3.95. The number of fused-ring (bicyclic) bond motifs is 1. The maximum Gasteiger partial charge on any atom is 0.312 e. The average Bonchev–Trinajstić information content (AvgIpc) is 3.15. The van der Waals surface area contributed by atoms with Crippen LogP contribution in [0.15, 0.2) is 47.4 Å². The van der Waals surface area contributed by atoms with Crippen LogP contribution in [0.5, 0.6) is 11.5 Å². The maximum absolute atomic E-state index is 13.2. The van der Waals surface area contributed by atoms with E-state index in [2.05, 4.69) is 0 Å². The molecule has 0 amide bonds. The van der Waals surface area contributed by atoms with Crippen LogP contribution in [0.4, 0.5) is 0 Å². The zero-order chi connectivity index (χ0) is 19.4. The summed E-state index contributed by atoms with van der Waals surface area (Å²) in [5, 5.41) is 9.04. The second kappa shape index (κ2) is 6.12. The Morgan fingerprint density at radius 3 is 2.48 bits per heavy atom. The summed E-state index contributed by atoms with van der Waals surface area (Å²) in [5.41, 5.74) is 4.71. The van der Waals surface area contributed by atoms with E-state index in [9.17, 15) is 18.3 Å². The molecular weight excluding hydrogens is 394 g/mol. The highest BCUT2D eigenvalue weighted by Crippen LogP contribution is 2.64. The van der Waals surface area contributed by atoms with Crippen LogP contribution in [0.1, 0.15) is 11.5 Å². The predicted molar refractivity (Wildman–Crippen MR) is 96.9 cm³/mol. The molecule has 0 unspecified atom stereocenters. The lowest BCUT2D eigenvalue weighted by Crippen LogP contribution is -2.31. The minimum Gasteiger partial charge on any atom is -0.481 e. The summed E-state index contributed by atoms with van der Waals surface area (Å²) in [6, 6.07) is 10.6. The van der Waals surface area contributed by atoms with Crippen LogP contribution in [0, 0.1) is 5.41 Å². The van der Waals surface area contributed by atoms with Gasteiger partial charge in [0.05, 0.1) is 10.1 Å². The first-order valence-corrected chi connectivity index (χ1v) is 10.1. The number of nitrogens with two attached hydrogens (primary N) is 1. The van der Waals surface area contributed by atoms with Crippen molar-refractivity contribution < 1.29 is 27.8 Å². The highest BCUT2D eigenvalue weighted by atomic mass is 35.5. The molecule has 0 spiro atoms. The van der Waals surface area contributed by atoms with Gasteiger partial charge in [0.2, 0.25) is 6.79 Å². The molecule has 1 aliphatic carbocycles. The molecule has 0 aromatic heterocycles. The Hall–Kier alpha value is -2.29. The number of rotatable bonds is 5. The number of aliphatic carboxylic acids is 1. The van der Waals surface area contributed by atoms with Crippen molar-refractivity contribution in [3.8, 4) is 11.5 Å². The van der Waals surface area contributed by atoms with E-state index in [1.165, 1.54) is 24.3 Å². The van der Waals surface area contributed by atoms with E-state index in [0.717, 1.165) is 0 Å². The smallest absolute Gasteiger partial charge is 0.312 e. The molecule has 2 aliphatic rings. The molecule has 2 aromatic carbocycles. The Bertz CT molecular complexity index is 1020. The monoisotopic (exact) mass is 409 g/mol. The van der Waals surface area contributed by atoms with Gasteiger partial charge in [-0.25, -0.2) is 8.42 Å². The zero-order valence-corrected chi connectivity index (χ0v) is 15.5. The molecular formula is C18H16ClNO6S. The molecule has 1 heterocycles. The molecule has 4 rings (SSSR count). The summed E-state index contributed by atoms with van der Waals surface area (Å²) in [4.78, 5) is 12.1. The number of sulfone groups is 1. The molecule has 1 fully saturated rings. The van der Waals surface area contributed by atoms with Gasteiger partial charge in [0.15, 0.2) is 21.3 Å². The third kappa shape index (κ3) is 2.59. The number of carboxylic acid groups (broad SMARTS) is 1. The van der Waals surface area contributed by atoms with Crippen LogP contribution >= 0.6 is 11.6 Å². The van der Waals surface area contributed by atoms with Crippen molar-refractivity contribution in [2.45, 2.75) is 16.1 Å². The zero-order valence-electron chi connectivity index (χ0n) is 14.0. The maximum atomic E-state index is 13.2. The van der Waals surface area contributed by atoms with Crippen LogP contribution in [0.25, 0.3) is 0 Å². The first-order valence-electron chi connectivity index (χ1n) is 8.15. The lowest BCUT2D eigenvalue weighted by Gasteiger charge is -2.10. The fourth-order valence-corrected chi connectivity index (χ4v) is 6.31. The number of carbonyl (C=O) groups is 1. The van der Waals surface area contributed by atoms with E-state index in [1.807, 2.05) is 0 Å². The van der Waals surface area contributed by atoms with Crippen LogP contribution in [0.3, 0.4) is 0 Å². The van der Waals surface area contributed by atoms with Crippen molar-refractivity contribution in [3.05, 3.63) is 53.1 Å². The SMILES string of the molecule is NC[C@@]1(C(=O)O)[C@H](c2ccc3c(c2)OCO3)[C@@H]1S(=O)(=O)c1ccc(Cl)cc1. The Kier molecular flexibility index (Phi) is 4.10. The van der Waals surface area contributed by atoms with E-state index < -0.39 is 32.4 Å². The van der Waals surface area contributed by atoms with Gasteiger partial charge in [-0.2, -0.15) is 0 Å². The summed E-state index contributed by atoms with van der Waals surface area (Å²) in [6.45, 7) is -0.240. The largest absolute Gasteiger partial charge is 0.481 e. The van der Waals surface area contributed by atoms with Crippen molar-refractivity contribution in [2.75, 3.05) is 13.3 Å². The first kappa shape index (κ1) is 18.1. The Balaban J connectivity index is 1.80. The van der Waals surface area contributed by atoms with Gasteiger partial charge in [-0.1, -0.05) is 17.7 Å². The molecule has 0 bridgehead atoms. The van der Waals surface area contributed by atoms with E-state index in [1.54, 1.807) is 18.2 Å². The minimum atomic E-state index is -3.95. The molecule has 1 saturated carbocycles. The van der Waals surface area contributed by atoms with Crippen molar-refractivity contribution in [1.29, 1.82) is 0 Å². The molecule has 0 saturated heterocycles. The topological polar surface area (TPSA) is 116 Å². The first-order chi connectivity index (χ1) is 12.8. The van der Waals surface area contributed by atoms with E-state index in [-0.39, 0.29) is 18.2 Å². The fourth-order valence-electron chi connectivity index (χ4n) is 3.80. The van der Waals surface area contributed by atoms with E-state index in [4.69, 9.17) is 26.8 Å². The fraction of sp³-hybridized carbons (Fsp3) is 0.278. The molecule has 2 aromatic rings. The molecule has 0 radical (unpaired) electrons. The summed E-state index contributed by atoms with van der Waals surface area (Å²) in [5.74, 6) is -1.05. The quantitative estimate of drug-likeness (QED) is 0.776. The Morgan fingerprint density at radius 2 is 1.85 bits per heavy atom. The van der Waals surface area contributed by atoms with Gasteiger partial charge in [0, 0.05) is 17.5 Å². The van der Waals surface area contributed by atoms with Gasteiger partial charge in [0.25, 0.3) is 0 Å². The lowest BCUT2D eigenvalue weighted by atomic mass is 9.99.